The molecule has 11 heteroatoms. The Bertz CT molecular complexity index is 1670. The summed E-state index contributed by atoms with van der Waals surface area (Å²) in [5.74, 6) is -1.23. The number of rotatable bonds is 58. The van der Waals surface area contributed by atoms with Crippen LogP contribution in [0.3, 0.4) is 0 Å². The van der Waals surface area contributed by atoms with Gasteiger partial charge >= 0.3 is 5.97 Å². The molecule has 1 aliphatic heterocycles. The normalized spacial score (nSPS) is 19.1. The second kappa shape index (κ2) is 59.2. The van der Waals surface area contributed by atoms with Crippen molar-refractivity contribution in [2.45, 2.75) is 346 Å². The maximum Gasteiger partial charge on any atom is 0.306 e. The Morgan fingerprint density at radius 2 is 0.867 bits per heavy atom. The molecule has 0 bridgehead atoms. The van der Waals surface area contributed by atoms with Crippen LogP contribution in [0.25, 0.3) is 0 Å². The smallest absolute Gasteiger partial charge is 0.306 e. The van der Waals surface area contributed by atoms with E-state index in [1.807, 2.05) is 6.08 Å². The lowest BCUT2D eigenvalue weighted by Crippen LogP contribution is -2.61. The summed E-state index contributed by atoms with van der Waals surface area (Å²) in [5, 5.41) is 57.1. The molecule has 1 rings (SSSR count). The van der Waals surface area contributed by atoms with E-state index in [1.54, 1.807) is 6.08 Å². The van der Waals surface area contributed by atoms with Crippen molar-refractivity contribution in [1.29, 1.82) is 0 Å². The van der Waals surface area contributed by atoms with Gasteiger partial charge in [-0.3, -0.25) is 9.59 Å². The molecule has 0 aromatic carbocycles. The Morgan fingerprint density at radius 3 is 1.31 bits per heavy atom. The molecule has 1 amide bonds. The maximum absolute atomic E-state index is 13.5. The molecule has 8 unspecified atom stereocenters. The minimum Gasteiger partial charge on any atom is -0.454 e. The number of amides is 1. The third kappa shape index (κ3) is 46.7. The first kappa shape index (κ1) is 77.9. The van der Waals surface area contributed by atoms with Crippen LogP contribution >= 0.6 is 0 Å². The Labute approximate surface area is 508 Å². The standard InChI is InChI=1S/C72H127NO10/c1-4-7-10-13-16-19-22-24-26-28-30-31-32-33-34-36-37-39-41-44-47-50-53-56-59-65(76)71(80)73-63(64(75)58-55-52-49-46-43-21-18-15-12-9-6-3)62-81-72-70(69(79)68(78)66(61-74)82-72)83-67(77)60-57-54-51-48-45-42-40-38-35-29-27-25-23-20-17-14-11-8-5-2/h8,11,17,20,24-27,35,38,42,45,55,58,63-66,68-70,72,74-76,78-79H,4-7,9-10,12-16,18-19,21-23,28-34,36-37,39-41,43-44,46-54,56-57,59-62H2,1-3H3,(H,73,80)/b11-8-,20-17-,26-24+,27-25-,38-35-,45-42-,58-55+. The number of esters is 1. The summed E-state index contributed by atoms with van der Waals surface area (Å²) in [6, 6.07) is -1.03. The van der Waals surface area contributed by atoms with E-state index in [1.165, 1.54) is 161 Å². The van der Waals surface area contributed by atoms with Gasteiger partial charge in [-0.2, -0.15) is 0 Å². The van der Waals surface area contributed by atoms with E-state index in [0.717, 1.165) is 89.9 Å². The Kier molecular flexibility index (Phi) is 55.5. The number of allylic oxidation sites excluding steroid dienone is 13. The van der Waals surface area contributed by atoms with E-state index in [0.29, 0.717) is 12.8 Å². The predicted octanol–water partition coefficient (Wildman–Crippen LogP) is 17.3. The van der Waals surface area contributed by atoms with E-state index in [4.69, 9.17) is 14.2 Å². The molecule has 6 N–H and O–H groups in total. The summed E-state index contributed by atoms with van der Waals surface area (Å²) in [6.07, 6.45) is 67.7. The molecular weight excluding hydrogens is 1040 g/mol. The Morgan fingerprint density at radius 1 is 0.482 bits per heavy atom. The monoisotopic (exact) mass is 1170 g/mol. The Hall–Kier alpha value is -3.16. The van der Waals surface area contributed by atoms with Gasteiger partial charge in [-0.25, -0.2) is 0 Å². The lowest BCUT2D eigenvalue weighted by molar-refractivity contribution is -0.305. The predicted molar refractivity (Wildman–Crippen MR) is 347 cm³/mol. The first-order valence-corrected chi connectivity index (χ1v) is 34.4. The fourth-order valence-electron chi connectivity index (χ4n) is 10.4. The highest BCUT2D eigenvalue weighted by Gasteiger charge is 2.47. The highest BCUT2D eigenvalue weighted by molar-refractivity contribution is 5.80. The molecule has 1 saturated heterocycles. The summed E-state index contributed by atoms with van der Waals surface area (Å²) in [4.78, 5) is 26.6. The molecule has 8 atom stereocenters. The second-order valence-corrected chi connectivity index (χ2v) is 23.5. The summed E-state index contributed by atoms with van der Waals surface area (Å²) in [7, 11) is 0. The van der Waals surface area contributed by atoms with Gasteiger partial charge in [-0.05, 0) is 96.3 Å². The van der Waals surface area contributed by atoms with Gasteiger partial charge in [0.15, 0.2) is 12.4 Å². The number of carbonyl (C=O) groups is 2. The number of nitrogens with one attached hydrogen (secondary N) is 1. The number of aliphatic hydroxyl groups is 5. The van der Waals surface area contributed by atoms with Crippen molar-refractivity contribution in [3.63, 3.8) is 0 Å². The zero-order valence-corrected chi connectivity index (χ0v) is 53.3. The second-order valence-electron chi connectivity index (χ2n) is 23.5. The van der Waals surface area contributed by atoms with Crippen molar-refractivity contribution in [2.24, 2.45) is 0 Å². The van der Waals surface area contributed by atoms with Crippen molar-refractivity contribution in [2.75, 3.05) is 13.2 Å². The molecule has 83 heavy (non-hydrogen) atoms. The minimum atomic E-state index is -1.63. The summed E-state index contributed by atoms with van der Waals surface area (Å²) in [6.45, 7) is 5.67. The highest BCUT2D eigenvalue weighted by atomic mass is 16.7. The van der Waals surface area contributed by atoms with Gasteiger partial charge in [0.1, 0.15) is 24.4 Å². The van der Waals surface area contributed by atoms with E-state index in [9.17, 15) is 35.1 Å². The van der Waals surface area contributed by atoms with Crippen LogP contribution in [0.2, 0.25) is 0 Å². The number of hydrogen-bond donors (Lipinski definition) is 6. The first-order valence-electron chi connectivity index (χ1n) is 34.4. The molecule has 0 spiro atoms. The van der Waals surface area contributed by atoms with Crippen LogP contribution in [0.15, 0.2) is 85.1 Å². The fraction of sp³-hybridized carbons (Fsp3) is 0.778. The summed E-state index contributed by atoms with van der Waals surface area (Å²) in [5.41, 5.74) is 0. The number of ether oxygens (including phenoxy) is 3. The highest BCUT2D eigenvalue weighted by Crippen LogP contribution is 2.26. The van der Waals surface area contributed by atoms with E-state index < -0.39 is 67.4 Å². The number of aliphatic hydroxyl groups excluding tert-OH is 5. The third-order valence-corrected chi connectivity index (χ3v) is 15.8. The summed E-state index contributed by atoms with van der Waals surface area (Å²) < 4.78 is 17.6. The van der Waals surface area contributed by atoms with Crippen LogP contribution < -0.4 is 5.32 Å². The van der Waals surface area contributed by atoms with Gasteiger partial charge < -0.3 is 45.1 Å². The van der Waals surface area contributed by atoms with Gasteiger partial charge in [-0.1, -0.05) is 279 Å². The molecule has 0 aliphatic carbocycles. The first-order chi connectivity index (χ1) is 40.7. The van der Waals surface area contributed by atoms with Gasteiger partial charge in [0.2, 0.25) is 5.91 Å². The van der Waals surface area contributed by atoms with Crippen LogP contribution in [-0.4, -0.2) is 99.6 Å². The van der Waals surface area contributed by atoms with Crippen LogP contribution in [0, 0.1) is 0 Å². The zero-order chi connectivity index (χ0) is 60.3. The number of carbonyl (C=O) groups excluding carboxylic acids is 2. The van der Waals surface area contributed by atoms with Crippen LogP contribution in [0.1, 0.15) is 297 Å². The molecule has 1 aliphatic rings. The Balaban J connectivity index is 2.59. The molecule has 0 radical (unpaired) electrons. The average Bonchev–Trinajstić information content (AvgIpc) is 3.69. The van der Waals surface area contributed by atoms with Crippen LogP contribution in [-0.2, 0) is 23.8 Å². The molecular formula is C72H127NO10. The van der Waals surface area contributed by atoms with Crippen molar-refractivity contribution in [1.82, 2.24) is 5.32 Å². The third-order valence-electron chi connectivity index (χ3n) is 15.8. The summed E-state index contributed by atoms with van der Waals surface area (Å²) >= 11 is 0. The SMILES string of the molecule is CC/C=C\C/C=C\C/C=C\C/C=C\C/C=C\CCCCCC(=O)OC1C(OCC(NC(=O)C(O)CCCCCCCCCCCCCCCC/C=C/CCCCCCCC)C(O)/C=C/CCCCCCCCCCC)OC(CO)C(O)C1O. The van der Waals surface area contributed by atoms with Crippen molar-refractivity contribution in [3.05, 3.63) is 85.1 Å². The van der Waals surface area contributed by atoms with Crippen molar-refractivity contribution >= 4 is 11.9 Å². The van der Waals surface area contributed by atoms with Crippen molar-refractivity contribution < 1.29 is 49.3 Å². The van der Waals surface area contributed by atoms with Crippen LogP contribution in [0.5, 0.6) is 0 Å². The molecule has 1 fully saturated rings. The van der Waals surface area contributed by atoms with Gasteiger partial charge in [0, 0.05) is 6.42 Å². The fourth-order valence-corrected chi connectivity index (χ4v) is 10.4. The average molecular weight is 1170 g/mol. The topological polar surface area (TPSA) is 175 Å². The largest absolute Gasteiger partial charge is 0.454 e. The van der Waals surface area contributed by atoms with Gasteiger partial charge in [-0.15, -0.1) is 0 Å². The lowest BCUT2D eigenvalue weighted by Gasteiger charge is -2.41. The lowest BCUT2D eigenvalue weighted by atomic mass is 9.99. The number of hydrogen-bond acceptors (Lipinski definition) is 10. The minimum absolute atomic E-state index is 0.0819. The maximum atomic E-state index is 13.5. The molecule has 480 valence electrons. The molecule has 11 nitrogen and oxygen atoms in total. The zero-order valence-electron chi connectivity index (χ0n) is 53.3. The molecule has 0 aromatic heterocycles. The quantitative estimate of drug-likeness (QED) is 0.0195. The van der Waals surface area contributed by atoms with Gasteiger partial charge in [0.25, 0.3) is 0 Å². The number of unbranched alkanes of at least 4 members (excludes halogenated alkanes) is 32. The van der Waals surface area contributed by atoms with Gasteiger partial charge in [0.05, 0.1) is 25.4 Å². The van der Waals surface area contributed by atoms with E-state index in [-0.39, 0.29) is 19.4 Å². The molecule has 0 aromatic rings. The molecule has 0 saturated carbocycles. The van der Waals surface area contributed by atoms with E-state index >= 15 is 0 Å². The van der Waals surface area contributed by atoms with Crippen LogP contribution in [0.4, 0.5) is 0 Å². The molecule has 1 heterocycles. The van der Waals surface area contributed by atoms with E-state index in [2.05, 4.69) is 99.0 Å². The van der Waals surface area contributed by atoms with Crippen molar-refractivity contribution in [3.8, 4) is 0 Å².